The molecule has 3 aromatic rings. The SMILES string of the molecule is N#Cc1ccc2oc(=O)cc(CC(=O)c3cccc(Cl)c3)c2c1. The molecule has 0 radical (unpaired) electrons. The van der Waals surface area contributed by atoms with Gasteiger partial charge in [-0.3, -0.25) is 4.79 Å². The third-order valence-corrected chi connectivity index (χ3v) is 3.69. The fourth-order valence-corrected chi connectivity index (χ4v) is 2.57. The molecule has 0 fully saturated rings. The molecule has 5 heteroatoms. The minimum absolute atomic E-state index is 0.0251. The predicted molar refractivity (Wildman–Crippen MR) is 86.7 cm³/mol. The van der Waals surface area contributed by atoms with Gasteiger partial charge < -0.3 is 4.42 Å². The highest BCUT2D eigenvalue weighted by Gasteiger charge is 2.13. The van der Waals surface area contributed by atoms with Gasteiger partial charge in [0.05, 0.1) is 11.6 Å². The lowest BCUT2D eigenvalue weighted by molar-refractivity contribution is 0.0993. The standard InChI is InChI=1S/C18H10ClNO3/c19-14-3-1-2-12(7-14)16(21)8-13-9-18(22)23-17-5-4-11(10-20)6-15(13)17/h1-7,9H,8H2. The summed E-state index contributed by atoms with van der Waals surface area (Å²) in [5.74, 6) is -0.165. The highest BCUT2D eigenvalue weighted by Crippen LogP contribution is 2.21. The quantitative estimate of drug-likeness (QED) is 0.543. The highest BCUT2D eigenvalue weighted by molar-refractivity contribution is 6.31. The Kier molecular flexibility index (Phi) is 3.96. The number of hydrogen-bond donors (Lipinski definition) is 0. The van der Waals surface area contributed by atoms with Gasteiger partial charge in [-0.05, 0) is 35.9 Å². The van der Waals surface area contributed by atoms with Crippen LogP contribution >= 0.6 is 11.6 Å². The van der Waals surface area contributed by atoms with E-state index in [2.05, 4.69) is 0 Å². The number of nitriles is 1. The maximum absolute atomic E-state index is 12.4. The molecule has 0 amide bonds. The monoisotopic (exact) mass is 323 g/mol. The van der Waals surface area contributed by atoms with Crippen molar-refractivity contribution in [3.8, 4) is 6.07 Å². The lowest BCUT2D eigenvalue weighted by Crippen LogP contribution is -2.08. The molecule has 0 N–H and O–H groups in total. The van der Waals surface area contributed by atoms with Gasteiger partial charge in [0, 0.05) is 28.5 Å². The molecular formula is C18H10ClNO3. The maximum Gasteiger partial charge on any atom is 0.336 e. The minimum Gasteiger partial charge on any atom is -0.423 e. The van der Waals surface area contributed by atoms with Gasteiger partial charge >= 0.3 is 5.63 Å². The molecule has 1 heterocycles. The molecule has 0 aliphatic rings. The number of rotatable bonds is 3. The first kappa shape index (κ1) is 15.0. The van der Waals surface area contributed by atoms with Crippen molar-refractivity contribution in [2.24, 2.45) is 0 Å². The van der Waals surface area contributed by atoms with Crippen LogP contribution < -0.4 is 5.63 Å². The van der Waals surface area contributed by atoms with Crippen LogP contribution in [0.3, 0.4) is 0 Å². The van der Waals surface area contributed by atoms with E-state index in [-0.39, 0.29) is 12.2 Å². The van der Waals surface area contributed by atoms with Crippen LogP contribution in [0.15, 0.2) is 57.7 Å². The molecule has 23 heavy (non-hydrogen) atoms. The number of ketones is 1. The van der Waals surface area contributed by atoms with Crippen molar-refractivity contribution in [2.45, 2.75) is 6.42 Å². The summed E-state index contributed by atoms with van der Waals surface area (Å²) in [6.45, 7) is 0. The van der Waals surface area contributed by atoms with Crippen molar-refractivity contribution in [1.82, 2.24) is 0 Å². The van der Waals surface area contributed by atoms with Crippen LogP contribution in [0.5, 0.6) is 0 Å². The topological polar surface area (TPSA) is 71.1 Å². The molecule has 0 saturated carbocycles. The maximum atomic E-state index is 12.4. The van der Waals surface area contributed by atoms with E-state index in [1.807, 2.05) is 6.07 Å². The van der Waals surface area contributed by atoms with Gasteiger partial charge in [-0.15, -0.1) is 0 Å². The van der Waals surface area contributed by atoms with Crippen LogP contribution in [0.1, 0.15) is 21.5 Å². The van der Waals surface area contributed by atoms with Crippen LogP contribution in [0.25, 0.3) is 11.0 Å². The number of fused-ring (bicyclic) bond motifs is 1. The third kappa shape index (κ3) is 3.15. The van der Waals surface area contributed by atoms with Crippen LogP contribution in [-0.4, -0.2) is 5.78 Å². The Morgan fingerprint density at radius 3 is 2.74 bits per heavy atom. The first-order valence-electron chi connectivity index (χ1n) is 6.82. The van der Waals surface area contributed by atoms with Gasteiger partial charge in [0.25, 0.3) is 0 Å². The molecule has 112 valence electrons. The lowest BCUT2D eigenvalue weighted by Gasteiger charge is -2.06. The smallest absolute Gasteiger partial charge is 0.336 e. The normalized spacial score (nSPS) is 10.4. The van der Waals surface area contributed by atoms with Crippen LogP contribution in [0.2, 0.25) is 5.02 Å². The molecule has 2 aromatic carbocycles. The fourth-order valence-electron chi connectivity index (χ4n) is 2.38. The third-order valence-electron chi connectivity index (χ3n) is 3.45. The van der Waals surface area contributed by atoms with E-state index < -0.39 is 5.63 Å². The largest absolute Gasteiger partial charge is 0.423 e. The summed E-state index contributed by atoms with van der Waals surface area (Å²) in [5, 5.41) is 10.1. The molecule has 3 rings (SSSR count). The number of hydrogen-bond acceptors (Lipinski definition) is 4. The van der Waals surface area contributed by atoms with Crippen molar-refractivity contribution in [3.63, 3.8) is 0 Å². The Balaban J connectivity index is 2.07. The van der Waals surface area contributed by atoms with Gasteiger partial charge in [-0.25, -0.2) is 4.79 Å². The highest BCUT2D eigenvalue weighted by atomic mass is 35.5. The second-order valence-electron chi connectivity index (χ2n) is 5.02. The zero-order valence-corrected chi connectivity index (χ0v) is 12.6. The second-order valence-corrected chi connectivity index (χ2v) is 5.46. The molecule has 0 aliphatic carbocycles. The number of carbonyl (C=O) groups excluding carboxylic acids is 1. The molecule has 0 bridgehead atoms. The second kappa shape index (κ2) is 6.07. The Morgan fingerprint density at radius 2 is 2.00 bits per heavy atom. The van der Waals surface area contributed by atoms with Crippen LogP contribution in [0, 0.1) is 11.3 Å². The first-order valence-corrected chi connectivity index (χ1v) is 7.20. The molecule has 4 nitrogen and oxygen atoms in total. The molecule has 0 unspecified atom stereocenters. The minimum atomic E-state index is -0.531. The Morgan fingerprint density at radius 1 is 1.17 bits per heavy atom. The molecule has 0 aliphatic heterocycles. The Labute approximate surface area is 136 Å². The molecular weight excluding hydrogens is 314 g/mol. The van der Waals surface area contributed by atoms with Gasteiger partial charge in [0.1, 0.15) is 5.58 Å². The molecule has 0 atom stereocenters. The van der Waals surface area contributed by atoms with Crippen molar-refractivity contribution in [2.75, 3.05) is 0 Å². The molecule has 1 aromatic heterocycles. The van der Waals surface area contributed by atoms with E-state index in [0.717, 1.165) is 0 Å². The summed E-state index contributed by atoms with van der Waals surface area (Å²) in [4.78, 5) is 24.1. The zero-order valence-electron chi connectivity index (χ0n) is 11.9. The van der Waals surface area contributed by atoms with E-state index in [1.54, 1.807) is 42.5 Å². The van der Waals surface area contributed by atoms with Gasteiger partial charge in [-0.1, -0.05) is 23.7 Å². The molecule has 0 saturated heterocycles. The summed E-state index contributed by atoms with van der Waals surface area (Å²) >= 11 is 5.90. The Hall–Kier alpha value is -2.90. The fraction of sp³-hybridized carbons (Fsp3) is 0.0556. The van der Waals surface area contributed by atoms with Crippen molar-refractivity contribution < 1.29 is 9.21 Å². The zero-order chi connectivity index (χ0) is 16.4. The number of halogens is 1. The van der Waals surface area contributed by atoms with Crippen molar-refractivity contribution in [3.05, 3.63) is 80.7 Å². The van der Waals surface area contributed by atoms with E-state index in [9.17, 15) is 9.59 Å². The van der Waals surface area contributed by atoms with Crippen molar-refractivity contribution >= 4 is 28.4 Å². The van der Waals surface area contributed by atoms with E-state index >= 15 is 0 Å². The lowest BCUT2D eigenvalue weighted by atomic mass is 9.99. The average Bonchev–Trinajstić information content (AvgIpc) is 2.54. The van der Waals surface area contributed by atoms with E-state index in [0.29, 0.717) is 32.7 Å². The predicted octanol–water partition coefficient (Wildman–Crippen LogP) is 3.74. The van der Waals surface area contributed by atoms with Crippen molar-refractivity contribution in [1.29, 1.82) is 5.26 Å². The summed E-state index contributed by atoms with van der Waals surface area (Å²) in [5.41, 5.74) is 1.25. The Bertz CT molecular complexity index is 1010. The average molecular weight is 324 g/mol. The first-order chi connectivity index (χ1) is 11.1. The number of carbonyl (C=O) groups is 1. The number of Topliss-reactive ketones (excluding diaryl/α,β-unsaturated/α-hetero) is 1. The van der Waals surface area contributed by atoms with Crippen LogP contribution in [-0.2, 0) is 6.42 Å². The molecule has 0 spiro atoms. The summed E-state index contributed by atoms with van der Waals surface area (Å²) in [6, 6.07) is 14.7. The summed E-state index contributed by atoms with van der Waals surface area (Å²) < 4.78 is 5.11. The van der Waals surface area contributed by atoms with Crippen LogP contribution in [0.4, 0.5) is 0 Å². The van der Waals surface area contributed by atoms with Gasteiger partial charge in [0.15, 0.2) is 5.78 Å². The number of benzene rings is 2. The summed E-state index contributed by atoms with van der Waals surface area (Å²) in [6.07, 6.45) is 0.0251. The summed E-state index contributed by atoms with van der Waals surface area (Å²) in [7, 11) is 0. The van der Waals surface area contributed by atoms with Gasteiger partial charge in [-0.2, -0.15) is 5.26 Å². The number of nitrogens with zero attached hydrogens (tertiary/aromatic N) is 1. The van der Waals surface area contributed by atoms with E-state index in [1.165, 1.54) is 6.07 Å². The van der Waals surface area contributed by atoms with Gasteiger partial charge in [0.2, 0.25) is 0 Å². The van der Waals surface area contributed by atoms with E-state index in [4.69, 9.17) is 21.3 Å².